The fourth-order valence-electron chi connectivity index (χ4n) is 3.10. The predicted molar refractivity (Wildman–Crippen MR) is 78.1 cm³/mol. The number of hydrogen-bond donors (Lipinski definition) is 2. The number of piperidine rings is 1. The minimum Gasteiger partial charge on any atom is -0.480 e. The summed E-state index contributed by atoms with van der Waals surface area (Å²) in [4.78, 5) is 26.7. The van der Waals surface area contributed by atoms with Crippen LogP contribution in [0.15, 0.2) is 24.3 Å². The summed E-state index contributed by atoms with van der Waals surface area (Å²) in [6.07, 6.45) is 1.64. The molecule has 2 heterocycles. The molecule has 0 atom stereocenters. The van der Waals surface area contributed by atoms with E-state index in [-0.39, 0.29) is 18.6 Å². The van der Waals surface area contributed by atoms with Crippen molar-refractivity contribution in [1.82, 2.24) is 9.80 Å². The van der Waals surface area contributed by atoms with Gasteiger partial charge in [0.1, 0.15) is 0 Å². The van der Waals surface area contributed by atoms with Crippen molar-refractivity contribution in [3.8, 4) is 0 Å². The van der Waals surface area contributed by atoms with Crippen LogP contribution in [0.1, 0.15) is 18.4 Å². The van der Waals surface area contributed by atoms with Crippen LogP contribution in [0.4, 0.5) is 10.5 Å². The standard InChI is InChI=1S/C15H19N3O3/c19-14(20)10-17-7-5-12(6-8-17)18-9-11-3-1-2-4-13(11)16-15(18)21/h1-4,12H,5-10H2,(H,16,21)(H,19,20). The summed E-state index contributed by atoms with van der Waals surface area (Å²) in [6, 6.07) is 7.97. The van der Waals surface area contributed by atoms with E-state index in [1.165, 1.54) is 0 Å². The number of benzene rings is 1. The maximum atomic E-state index is 12.2. The first-order valence-electron chi connectivity index (χ1n) is 7.23. The SMILES string of the molecule is O=C(O)CN1CCC(N2Cc3ccccc3NC2=O)CC1. The molecule has 2 aliphatic rings. The van der Waals surface area contributed by atoms with Crippen LogP contribution in [0.3, 0.4) is 0 Å². The molecule has 2 aliphatic heterocycles. The minimum atomic E-state index is -0.793. The zero-order valence-corrected chi connectivity index (χ0v) is 11.8. The molecule has 0 spiro atoms. The molecule has 0 aromatic heterocycles. The molecule has 0 radical (unpaired) electrons. The summed E-state index contributed by atoms with van der Waals surface area (Å²) >= 11 is 0. The average Bonchev–Trinajstić information content (AvgIpc) is 2.47. The van der Waals surface area contributed by atoms with Crippen molar-refractivity contribution in [2.24, 2.45) is 0 Å². The van der Waals surface area contributed by atoms with Gasteiger partial charge in [0.2, 0.25) is 0 Å². The number of carboxylic acid groups (broad SMARTS) is 1. The Morgan fingerprint density at radius 1 is 1.29 bits per heavy atom. The first kappa shape index (κ1) is 13.9. The van der Waals surface area contributed by atoms with Crippen LogP contribution >= 0.6 is 0 Å². The van der Waals surface area contributed by atoms with Gasteiger partial charge in [0.05, 0.1) is 6.54 Å². The molecule has 0 aliphatic carbocycles. The molecule has 3 rings (SSSR count). The number of carboxylic acids is 1. The number of carbonyl (C=O) groups is 2. The molecule has 112 valence electrons. The molecule has 1 aromatic rings. The van der Waals surface area contributed by atoms with Crippen molar-refractivity contribution in [3.05, 3.63) is 29.8 Å². The van der Waals surface area contributed by atoms with Gasteiger partial charge in [-0.1, -0.05) is 18.2 Å². The van der Waals surface area contributed by atoms with Crippen LogP contribution in [-0.4, -0.2) is 52.6 Å². The fourth-order valence-corrected chi connectivity index (χ4v) is 3.10. The lowest BCUT2D eigenvalue weighted by atomic mass is 10.0. The zero-order valence-electron chi connectivity index (χ0n) is 11.8. The van der Waals surface area contributed by atoms with Gasteiger partial charge in [-0.15, -0.1) is 0 Å². The monoisotopic (exact) mass is 289 g/mol. The second kappa shape index (κ2) is 5.73. The number of anilines is 1. The number of amides is 2. The van der Waals surface area contributed by atoms with E-state index in [4.69, 9.17) is 5.11 Å². The molecule has 1 fully saturated rings. The number of fused-ring (bicyclic) bond motifs is 1. The molecular formula is C15H19N3O3. The Kier molecular flexibility index (Phi) is 3.79. The average molecular weight is 289 g/mol. The lowest BCUT2D eigenvalue weighted by molar-refractivity contribution is -0.138. The highest BCUT2D eigenvalue weighted by Gasteiger charge is 2.31. The van der Waals surface area contributed by atoms with Crippen molar-refractivity contribution in [1.29, 1.82) is 0 Å². The summed E-state index contributed by atoms with van der Waals surface area (Å²) in [7, 11) is 0. The third kappa shape index (κ3) is 3.00. The second-order valence-corrected chi connectivity index (χ2v) is 5.62. The van der Waals surface area contributed by atoms with E-state index >= 15 is 0 Å². The summed E-state index contributed by atoms with van der Waals surface area (Å²) in [5.74, 6) is -0.793. The Bertz CT molecular complexity index is 553. The predicted octanol–water partition coefficient (Wildman–Crippen LogP) is 1.58. The van der Waals surface area contributed by atoms with E-state index in [2.05, 4.69) is 5.32 Å². The summed E-state index contributed by atoms with van der Waals surface area (Å²) in [6.45, 7) is 2.16. The molecule has 0 unspecified atom stereocenters. The Labute approximate surface area is 123 Å². The number of rotatable bonds is 3. The number of aliphatic carboxylic acids is 1. The molecule has 0 saturated carbocycles. The van der Waals surface area contributed by atoms with Gasteiger partial charge < -0.3 is 15.3 Å². The highest BCUT2D eigenvalue weighted by atomic mass is 16.4. The summed E-state index contributed by atoms with van der Waals surface area (Å²) in [5.41, 5.74) is 2.02. The molecule has 1 aromatic carbocycles. The summed E-state index contributed by atoms with van der Waals surface area (Å²) in [5, 5.41) is 11.7. The highest BCUT2D eigenvalue weighted by molar-refractivity contribution is 5.92. The largest absolute Gasteiger partial charge is 0.480 e. The van der Waals surface area contributed by atoms with Crippen molar-refractivity contribution in [2.75, 3.05) is 25.0 Å². The quantitative estimate of drug-likeness (QED) is 0.886. The van der Waals surface area contributed by atoms with E-state index in [1.807, 2.05) is 34.1 Å². The van der Waals surface area contributed by atoms with Crippen LogP contribution in [0.25, 0.3) is 0 Å². The third-order valence-electron chi connectivity index (χ3n) is 4.22. The van der Waals surface area contributed by atoms with Gasteiger partial charge in [-0.05, 0) is 24.5 Å². The van der Waals surface area contributed by atoms with E-state index in [9.17, 15) is 9.59 Å². The van der Waals surface area contributed by atoms with Crippen molar-refractivity contribution in [2.45, 2.75) is 25.4 Å². The van der Waals surface area contributed by atoms with Crippen molar-refractivity contribution in [3.63, 3.8) is 0 Å². The van der Waals surface area contributed by atoms with E-state index in [0.717, 1.165) is 37.2 Å². The van der Waals surface area contributed by atoms with Crippen LogP contribution in [0.2, 0.25) is 0 Å². The normalized spacial score (nSPS) is 20.0. The topological polar surface area (TPSA) is 72.9 Å². The van der Waals surface area contributed by atoms with Crippen LogP contribution < -0.4 is 5.32 Å². The van der Waals surface area contributed by atoms with Gasteiger partial charge in [-0.3, -0.25) is 9.69 Å². The fraction of sp³-hybridized carbons (Fsp3) is 0.467. The molecule has 0 bridgehead atoms. The Morgan fingerprint density at radius 2 is 2.00 bits per heavy atom. The molecule has 2 amide bonds. The zero-order chi connectivity index (χ0) is 14.8. The number of nitrogens with one attached hydrogen (secondary N) is 1. The maximum absolute atomic E-state index is 12.2. The van der Waals surface area contributed by atoms with Crippen molar-refractivity contribution < 1.29 is 14.7 Å². The lowest BCUT2D eigenvalue weighted by Gasteiger charge is -2.40. The first-order valence-corrected chi connectivity index (χ1v) is 7.23. The van der Waals surface area contributed by atoms with E-state index < -0.39 is 5.97 Å². The number of nitrogens with zero attached hydrogens (tertiary/aromatic N) is 2. The van der Waals surface area contributed by atoms with Gasteiger partial charge in [-0.2, -0.15) is 0 Å². The molecule has 21 heavy (non-hydrogen) atoms. The number of carbonyl (C=O) groups excluding carboxylic acids is 1. The van der Waals surface area contributed by atoms with Gasteiger partial charge in [0.25, 0.3) is 0 Å². The van der Waals surface area contributed by atoms with Crippen LogP contribution in [0.5, 0.6) is 0 Å². The van der Waals surface area contributed by atoms with Gasteiger partial charge in [0.15, 0.2) is 0 Å². The molecule has 2 N–H and O–H groups in total. The number of para-hydroxylation sites is 1. The second-order valence-electron chi connectivity index (χ2n) is 5.62. The lowest BCUT2D eigenvalue weighted by Crippen LogP contribution is -2.50. The van der Waals surface area contributed by atoms with Crippen molar-refractivity contribution >= 4 is 17.7 Å². The molecule has 6 nitrogen and oxygen atoms in total. The van der Waals surface area contributed by atoms with E-state index in [1.54, 1.807) is 0 Å². The van der Waals surface area contributed by atoms with E-state index in [0.29, 0.717) is 6.54 Å². The number of hydrogen-bond acceptors (Lipinski definition) is 3. The van der Waals surface area contributed by atoms with Gasteiger partial charge >= 0.3 is 12.0 Å². The molecule has 1 saturated heterocycles. The minimum absolute atomic E-state index is 0.0506. The first-order chi connectivity index (χ1) is 10.1. The molecule has 6 heteroatoms. The third-order valence-corrected chi connectivity index (χ3v) is 4.22. The Hall–Kier alpha value is -2.08. The van der Waals surface area contributed by atoms with Crippen LogP contribution in [-0.2, 0) is 11.3 Å². The van der Waals surface area contributed by atoms with Gasteiger partial charge in [-0.25, -0.2) is 4.79 Å². The van der Waals surface area contributed by atoms with Gasteiger partial charge in [0, 0.05) is 31.4 Å². The maximum Gasteiger partial charge on any atom is 0.322 e. The Morgan fingerprint density at radius 3 is 2.71 bits per heavy atom. The number of urea groups is 1. The van der Waals surface area contributed by atoms with Crippen LogP contribution in [0, 0.1) is 0 Å². The highest BCUT2D eigenvalue weighted by Crippen LogP contribution is 2.27. The number of likely N-dealkylation sites (tertiary alicyclic amines) is 1. The summed E-state index contributed by atoms with van der Waals surface area (Å²) < 4.78 is 0. The Balaban J connectivity index is 1.64. The molecular weight excluding hydrogens is 270 g/mol. The smallest absolute Gasteiger partial charge is 0.322 e.